The Hall–Kier alpha value is -1.28. The van der Waals surface area contributed by atoms with Crippen molar-refractivity contribution in [3.63, 3.8) is 0 Å². The fraction of sp³-hybridized carbons (Fsp3) is 0.0769. The van der Waals surface area contributed by atoms with Crippen molar-refractivity contribution in [1.82, 2.24) is 0 Å². The van der Waals surface area contributed by atoms with E-state index in [1.807, 2.05) is 12.1 Å². The topological polar surface area (TPSA) is 26.0 Å². The summed E-state index contributed by atoms with van der Waals surface area (Å²) in [7, 11) is 0. The van der Waals surface area contributed by atoms with Gasteiger partial charge in [0, 0.05) is 11.0 Å². The number of hydrogen-bond acceptors (Lipinski definition) is 1. The van der Waals surface area contributed by atoms with E-state index >= 15 is 0 Å². The molecule has 15 heavy (non-hydrogen) atoms. The second-order valence-corrected chi connectivity index (χ2v) is 4.07. The van der Waals surface area contributed by atoms with Gasteiger partial charge in [-0.15, -0.1) is 0 Å². The summed E-state index contributed by atoms with van der Waals surface area (Å²) in [5.41, 5.74) is 7.75. The zero-order chi connectivity index (χ0) is 10.7. The molecule has 2 rings (SSSR count). The molecule has 0 atom stereocenters. The van der Waals surface area contributed by atoms with Gasteiger partial charge in [0.15, 0.2) is 0 Å². The van der Waals surface area contributed by atoms with Crippen molar-refractivity contribution in [2.24, 2.45) is 0 Å². The average Bonchev–Trinajstić information content (AvgIpc) is 2.26. The number of fused-ring (bicyclic) bond motifs is 1. The maximum atomic E-state index is 5.72. The average molecular weight is 262 g/mol. The highest BCUT2D eigenvalue weighted by Gasteiger charge is 1.94. The van der Waals surface area contributed by atoms with Gasteiger partial charge in [-0.2, -0.15) is 0 Å². The molecule has 2 aromatic carbocycles. The van der Waals surface area contributed by atoms with Crippen LogP contribution in [0.5, 0.6) is 0 Å². The van der Waals surface area contributed by atoms with Crippen LogP contribution in [0.3, 0.4) is 0 Å². The molecule has 0 saturated carbocycles. The Morgan fingerprint density at radius 1 is 1.07 bits per heavy atom. The molecule has 0 radical (unpaired) electrons. The molecule has 0 aliphatic heterocycles. The lowest BCUT2D eigenvalue weighted by molar-refractivity contribution is 1.68. The summed E-state index contributed by atoms with van der Waals surface area (Å²) < 4.78 is 0. The predicted octanol–water partition coefficient (Wildman–Crippen LogP) is 3.83. The third-order valence-corrected chi connectivity index (χ3v) is 2.66. The molecule has 0 saturated heterocycles. The van der Waals surface area contributed by atoms with Crippen LogP contribution < -0.4 is 5.73 Å². The van der Waals surface area contributed by atoms with Crippen molar-refractivity contribution in [2.45, 2.75) is 0 Å². The monoisotopic (exact) mass is 261 g/mol. The molecule has 2 heteroatoms. The smallest absolute Gasteiger partial charge is 0.0320 e. The maximum Gasteiger partial charge on any atom is 0.0320 e. The summed E-state index contributed by atoms with van der Waals surface area (Å²) in [4.78, 5) is 0. The lowest BCUT2D eigenvalue weighted by Gasteiger charge is -2.00. The molecule has 0 aromatic heterocycles. The first-order chi connectivity index (χ1) is 7.29. The minimum absolute atomic E-state index is 0.811. The zero-order valence-corrected chi connectivity index (χ0v) is 9.87. The normalized spacial score (nSPS) is 11.3. The van der Waals surface area contributed by atoms with E-state index in [0.29, 0.717) is 0 Å². The Morgan fingerprint density at radius 3 is 2.60 bits per heavy atom. The second kappa shape index (κ2) is 4.49. The van der Waals surface area contributed by atoms with Crippen LogP contribution in [0.1, 0.15) is 5.56 Å². The van der Waals surface area contributed by atoms with E-state index in [1.54, 1.807) is 0 Å². The third kappa shape index (κ3) is 2.39. The summed E-state index contributed by atoms with van der Waals surface area (Å²) in [6.07, 6.45) is 4.18. The standard InChI is InChI=1S/C13H12BrN/c14-7-1-2-10-3-4-12-9-13(15)6-5-11(12)8-10/h1-6,8-9H,7,15H2. The fourth-order valence-corrected chi connectivity index (χ4v) is 1.75. The quantitative estimate of drug-likeness (QED) is 0.646. The number of nitrogens with two attached hydrogens (primary N) is 1. The number of anilines is 1. The van der Waals surface area contributed by atoms with Crippen LogP contribution in [0.25, 0.3) is 16.8 Å². The first-order valence-corrected chi connectivity index (χ1v) is 5.93. The van der Waals surface area contributed by atoms with E-state index < -0.39 is 0 Å². The molecule has 0 heterocycles. The van der Waals surface area contributed by atoms with Gasteiger partial charge in [0.2, 0.25) is 0 Å². The van der Waals surface area contributed by atoms with Crippen LogP contribution in [0.2, 0.25) is 0 Å². The van der Waals surface area contributed by atoms with Crippen molar-refractivity contribution >= 4 is 38.5 Å². The van der Waals surface area contributed by atoms with Gasteiger partial charge in [-0.05, 0) is 34.5 Å². The SMILES string of the molecule is Nc1ccc2cc(C=CCBr)ccc2c1. The predicted molar refractivity (Wildman–Crippen MR) is 71.2 cm³/mol. The van der Waals surface area contributed by atoms with E-state index in [2.05, 4.69) is 52.3 Å². The van der Waals surface area contributed by atoms with Crippen molar-refractivity contribution in [3.8, 4) is 0 Å². The molecule has 0 fully saturated rings. The number of nitrogen functional groups attached to an aromatic ring is 1. The second-order valence-electron chi connectivity index (χ2n) is 3.42. The van der Waals surface area contributed by atoms with Crippen LogP contribution in [0.4, 0.5) is 5.69 Å². The number of halogens is 1. The molecular formula is C13H12BrN. The van der Waals surface area contributed by atoms with E-state index in [4.69, 9.17) is 5.73 Å². The number of alkyl halides is 1. The van der Waals surface area contributed by atoms with Crippen molar-refractivity contribution in [3.05, 3.63) is 48.0 Å². The number of hydrogen-bond donors (Lipinski definition) is 1. The maximum absolute atomic E-state index is 5.72. The van der Waals surface area contributed by atoms with Gasteiger partial charge in [-0.25, -0.2) is 0 Å². The van der Waals surface area contributed by atoms with Gasteiger partial charge in [0.25, 0.3) is 0 Å². The minimum Gasteiger partial charge on any atom is -0.399 e. The first kappa shape index (κ1) is 10.2. The summed E-state index contributed by atoms with van der Waals surface area (Å²) in [5, 5.41) is 3.29. The van der Waals surface area contributed by atoms with Crippen molar-refractivity contribution in [1.29, 1.82) is 0 Å². The Bertz CT molecular complexity index is 503. The van der Waals surface area contributed by atoms with Crippen molar-refractivity contribution < 1.29 is 0 Å². The largest absolute Gasteiger partial charge is 0.399 e. The summed E-state index contributed by atoms with van der Waals surface area (Å²) in [6, 6.07) is 12.3. The van der Waals surface area contributed by atoms with Crippen LogP contribution in [-0.4, -0.2) is 5.33 Å². The minimum atomic E-state index is 0.811. The number of allylic oxidation sites excluding steroid dienone is 1. The molecular weight excluding hydrogens is 250 g/mol. The number of benzene rings is 2. The van der Waals surface area contributed by atoms with Gasteiger partial charge in [-0.1, -0.05) is 46.3 Å². The fourth-order valence-electron chi connectivity index (χ4n) is 1.57. The highest BCUT2D eigenvalue weighted by molar-refractivity contribution is 9.09. The number of rotatable bonds is 2. The van der Waals surface area contributed by atoms with E-state index in [0.717, 1.165) is 11.0 Å². The van der Waals surface area contributed by atoms with Crippen LogP contribution in [0, 0.1) is 0 Å². The molecule has 0 aliphatic carbocycles. The van der Waals surface area contributed by atoms with E-state index in [9.17, 15) is 0 Å². The van der Waals surface area contributed by atoms with E-state index in [1.165, 1.54) is 16.3 Å². The highest BCUT2D eigenvalue weighted by Crippen LogP contribution is 2.19. The highest BCUT2D eigenvalue weighted by atomic mass is 79.9. The molecule has 0 spiro atoms. The Morgan fingerprint density at radius 2 is 1.80 bits per heavy atom. The molecule has 2 aromatic rings. The Kier molecular flexibility index (Phi) is 3.07. The van der Waals surface area contributed by atoms with Crippen LogP contribution in [-0.2, 0) is 0 Å². The van der Waals surface area contributed by atoms with Crippen LogP contribution in [0.15, 0.2) is 42.5 Å². The molecule has 0 aliphatic rings. The summed E-state index contributed by atoms with van der Waals surface area (Å²) in [5.74, 6) is 0. The van der Waals surface area contributed by atoms with Crippen molar-refractivity contribution in [2.75, 3.05) is 11.1 Å². The van der Waals surface area contributed by atoms with Crippen LogP contribution >= 0.6 is 15.9 Å². The molecule has 0 bridgehead atoms. The van der Waals surface area contributed by atoms with Gasteiger partial charge in [0.1, 0.15) is 0 Å². The van der Waals surface area contributed by atoms with E-state index in [-0.39, 0.29) is 0 Å². The molecule has 2 N–H and O–H groups in total. The zero-order valence-electron chi connectivity index (χ0n) is 8.28. The lowest BCUT2D eigenvalue weighted by atomic mass is 10.1. The first-order valence-electron chi connectivity index (χ1n) is 4.81. The molecule has 0 amide bonds. The Balaban J connectivity index is 2.47. The molecule has 1 nitrogen and oxygen atoms in total. The summed E-state index contributed by atoms with van der Waals surface area (Å²) in [6.45, 7) is 0. The van der Waals surface area contributed by atoms with Gasteiger partial charge >= 0.3 is 0 Å². The van der Waals surface area contributed by atoms with Gasteiger partial charge < -0.3 is 5.73 Å². The lowest BCUT2D eigenvalue weighted by Crippen LogP contribution is -1.83. The Labute approximate surface area is 97.7 Å². The summed E-state index contributed by atoms with van der Waals surface area (Å²) >= 11 is 3.36. The third-order valence-electron chi connectivity index (χ3n) is 2.29. The molecule has 0 unspecified atom stereocenters. The van der Waals surface area contributed by atoms with Gasteiger partial charge in [-0.3, -0.25) is 0 Å². The molecule has 76 valence electrons. The van der Waals surface area contributed by atoms with Gasteiger partial charge in [0.05, 0.1) is 0 Å².